The summed E-state index contributed by atoms with van der Waals surface area (Å²) in [5, 5.41) is 3.59. The summed E-state index contributed by atoms with van der Waals surface area (Å²) in [5.41, 5.74) is 4.05. The minimum Gasteiger partial charge on any atom is -0.492 e. The number of anilines is 1. The number of ether oxygens (including phenoxy) is 2. The largest absolute Gasteiger partial charge is 0.492 e. The third kappa shape index (κ3) is 4.77. The molecule has 0 bridgehead atoms. The van der Waals surface area contributed by atoms with Gasteiger partial charge < -0.3 is 19.4 Å². The monoisotopic (exact) mass is 511 g/mol. The molecule has 4 aromatic rings. The lowest BCUT2D eigenvalue weighted by atomic mass is 9.71. The summed E-state index contributed by atoms with van der Waals surface area (Å²) in [6, 6.07) is 20.1. The quantitative estimate of drug-likeness (QED) is 0.287. The minimum absolute atomic E-state index is 0.0144. The first-order valence-electron chi connectivity index (χ1n) is 13.1. The summed E-state index contributed by atoms with van der Waals surface area (Å²) in [6.45, 7) is 11.9. The molecule has 0 unspecified atom stereocenters. The van der Waals surface area contributed by atoms with Crippen molar-refractivity contribution in [2.24, 2.45) is 0 Å². The number of carbonyl (C=O) groups is 2. The van der Waals surface area contributed by atoms with E-state index in [1.165, 1.54) is 0 Å². The summed E-state index contributed by atoms with van der Waals surface area (Å²) in [6.07, 6.45) is -0.579. The normalized spacial score (nSPS) is 13.8. The van der Waals surface area contributed by atoms with E-state index < -0.39 is 11.5 Å². The van der Waals surface area contributed by atoms with Crippen LogP contribution in [0.2, 0.25) is 0 Å². The van der Waals surface area contributed by atoms with Crippen LogP contribution in [0.15, 0.2) is 66.7 Å². The number of H-pyrrole nitrogens is 1. The molecule has 196 valence electrons. The zero-order valence-corrected chi connectivity index (χ0v) is 22.3. The molecule has 0 spiro atoms. The number of amides is 1. The van der Waals surface area contributed by atoms with Gasteiger partial charge in [-0.3, -0.25) is 10.1 Å². The smallest absolute Gasteiger partial charge is 0.417 e. The number of aromatic nitrogens is 1. The van der Waals surface area contributed by atoms with Gasteiger partial charge in [-0.25, -0.2) is 4.79 Å². The molecule has 2 N–H and O–H groups in total. The maximum absolute atomic E-state index is 13.7. The van der Waals surface area contributed by atoms with Gasteiger partial charge in [0.2, 0.25) is 0 Å². The Morgan fingerprint density at radius 2 is 1.74 bits per heavy atom. The van der Waals surface area contributed by atoms with Crippen LogP contribution in [0.4, 0.5) is 10.5 Å². The average molecular weight is 512 g/mol. The maximum Gasteiger partial charge on any atom is 0.417 e. The molecule has 1 aliphatic carbocycles. The Bertz CT molecular complexity index is 1490. The van der Waals surface area contributed by atoms with Crippen molar-refractivity contribution in [1.29, 1.82) is 0 Å². The number of likely N-dealkylation sites (N-methyl/N-ethyl adjacent to an activating group) is 1. The van der Waals surface area contributed by atoms with Crippen molar-refractivity contribution >= 4 is 28.5 Å². The van der Waals surface area contributed by atoms with Crippen LogP contribution in [0.5, 0.6) is 11.5 Å². The van der Waals surface area contributed by atoms with Crippen LogP contribution < -0.4 is 14.8 Å². The third-order valence-electron chi connectivity index (χ3n) is 7.33. The van der Waals surface area contributed by atoms with Crippen molar-refractivity contribution in [3.8, 4) is 11.5 Å². The second kappa shape index (κ2) is 10.3. The Morgan fingerprint density at radius 3 is 2.47 bits per heavy atom. The van der Waals surface area contributed by atoms with Gasteiger partial charge in [0.25, 0.3) is 0 Å². The molecule has 0 saturated heterocycles. The van der Waals surface area contributed by atoms with E-state index in [-0.39, 0.29) is 5.78 Å². The molecular weight excluding hydrogens is 478 g/mol. The number of carbonyl (C=O) groups excluding carboxylic acids is 2. The van der Waals surface area contributed by atoms with Crippen molar-refractivity contribution in [2.45, 2.75) is 33.1 Å². The van der Waals surface area contributed by atoms with Gasteiger partial charge >= 0.3 is 6.09 Å². The van der Waals surface area contributed by atoms with Gasteiger partial charge in [-0.05, 0) is 61.1 Å². The van der Waals surface area contributed by atoms with Crippen molar-refractivity contribution in [2.75, 3.05) is 31.6 Å². The SMILES string of the molecule is CCN(CC)CCOc1ccc2c(c1)C(C)(C)c1[nH]c3cc(NC(=O)Oc4ccccc4)ccc3c1C2=O. The standard InChI is InChI=1S/C31H33N3O4/c1-5-34(6-2)16-17-37-22-13-15-23-25(19-22)31(3,4)29-27(28(23)35)24-14-12-20(18-26(24)33-29)32-30(36)38-21-10-8-7-9-11-21/h7-15,18-19,33H,5-6,16-17H2,1-4H3,(H,32,36). The van der Waals surface area contributed by atoms with Gasteiger partial charge in [0, 0.05) is 39.8 Å². The fourth-order valence-corrected chi connectivity index (χ4v) is 5.15. The van der Waals surface area contributed by atoms with Crippen LogP contribution in [-0.2, 0) is 5.41 Å². The molecule has 1 amide bonds. The molecule has 0 radical (unpaired) electrons. The van der Waals surface area contributed by atoms with Crippen molar-refractivity contribution in [3.05, 3.63) is 89.1 Å². The van der Waals surface area contributed by atoms with Gasteiger partial charge in [-0.15, -0.1) is 0 Å². The van der Waals surface area contributed by atoms with E-state index in [0.29, 0.717) is 29.2 Å². The second-order valence-electron chi connectivity index (χ2n) is 10.00. The molecule has 0 aliphatic heterocycles. The Balaban J connectivity index is 1.40. The summed E-state index contributed by atoms with van der Waals surface area (Å²) in [4.78, 5) is 31.8. The molecule has 0 atom stereocenters. The van der Waals surface area contributed by atoms with Crippen LogP contribution in [-0.4, -0.2) is 48.0 Å². The number of fused-ring (bicyclic) bond motifs is 4. The third-order valence-corrected chi connectivity index (χ3v) is 7.33. The summed E-state index contributed by atoms with van der Waals surface area (Å²) >= 11 is 0. The van der Waals surface area contributed by atoms with Gasteiger partial charge in [0.15, 0.2) is 5.78 Å². The molecule has 0 fully saturated rings. The number of nitrogens with one attached hydrogen (secondary N) is 2. The lowest BCUT2D eigenvalue weighted by Crippen LogP contribution is -2.30. The molecule has 1 heterocycles. The minimum atomic E-state index is -0.579. The van der Waals surface area contributed by atoms with Crippen molar-refractivity contribution < 1.29 is 19.1 Å². The first-order chi connectivity index (χ1) is 18.3. The first kappa shape index (κ1) is 25.5. The van der Waals surface area contributed by atoms with Crippen LogP contribution in [0, 0.1) is 0 Å². The van der Waals surface area contributed by atoms with Gasteiger partial charge in [-0.2, -0.15) is 0 Å². The predicted molar refractivity (Wildman–Crippen MR) is 150 cm³/mol. The zero-order chi connectivity index (χ0) is 26.9. The number of aromatic amines is 1. The van der Waals surface area contributed by atoms with Crippen LogP contribution in [0.1, 0.15) is 54.9 Å². The molecule has 3 aromatic carbocycles. The number of benzene rings is 3. The van der Waals surface area contributed by atoms with Crippen LogP contribution >= 0.6 is 0 Å². The van der Waals surface area contributed by atoms with E-state index in [2.05, 4.69) is 42.9 Å². The molecular formula is C31H33N3O4. The first-order valence-corrected chi connectivity index (χ1v) is 13.1. The highest BCUT2D eigenvalue weighted by Gasteiger charge is 2.39. The van der Waals surface area contributed by atoms with E-state index in [0.717, 1.165) is 47.5 Å². The number of rotatable bonds is 8. The molecule has 7 heteroatoms. The van der Waals surface area contributed by atoms with Crippen molar-refractivity contribution in [1.82, 2.24) is 9.88 Å². The Morgan fingerprint density at radius 1 is 0.974 bits per heavy atom. The zero-order valence-electron chi connectivity index (χ0n) is 22.3. The Hall–Kier alpha value is -4.10. The Labute approximate surface area is 222 Å². The van der Waals surface area contributed by atoms with E-state index in [9.17, 15) is 9.59 Å². The van der Waals surface area contributed by atoms with E-state index >= 15 is 0 Å². The van der Waals surface area contributed by atoms with Gasteiger partial charge in [-0.1, -0.05) is 52.0 Å². The topological polar surface area (TPSA) is 83.7 Å². The lowest BCUT2D eigenvalue weighted by Gasteiger charge is -2.32. The fourth-order valence-electron chi connectivity index (χ4n) is 5.15. The van der Waals surface area contributed by atoms with E-state index in [4.69, 9.17) is 9.47 Å². The van der Waals surface area contributed by atoms with Gasteiger partial charge in [0.05, 0.1) is 5.56 Å². The molecule has 1 aromatic heterocycles. The van der Waals surface area contributed by atoms with Crippen molar-refractivity contribution in [3.63, 3.8) is 0 Å². The number of para-hydroxylation sites is 1. The number of nitrogens with zero attached hydrogens (tertiary/aromatic N) is 1. The van der Waals surface area contributed by atoms with Crippen LogP contribution in [0.25, 0.3) is 10.9 Å². The second-order valence-corrected chi connectivity index (χ2v) is 10.00. The maximum atomic E-state index is 13.7. The number of hydrogen-bond acceptors (Lipinski definition) is 5. The highest BCUT2D eigenvalue weighted by Crippen LogP contribution is 2.45. The van der Waals surface area contributed by atoms with E-state index in [1.807, 2.05) is 36.4 Å². The molecule has 38 heavy (non-hydrogen) atoms. The average Bonchev–Trinajstić information content (AvgIpc) is 3.31. The lowest BCUT2D eigenvalue weighted by molar-refractivity contribution is 0.103. The molecule has 0 saturated carbocycles. The van der Waals surface area contributed by atoms with Crippen LogP contribution in [0.3, 0.4) is 0 Å². The Kier molecular flexibility index (Phi) is 6.95. The fraction of sp³-hybridized carbons (Fsp3) is 0.290. The highest BCUT2D eigenvalue weighted by atomic mass is 16.6. The summed E-state index contributed by atoms with van der Waals surface area (Å²) in [7, 11) is 0. The predicted octanol–water partition coefficient (Wildman–Crippen LogP) is 6.37. The highest BCUT2D eigenvalue weighted by molar-refractivity contribution is 6.20. The number of hydrogen-bond donors (Lipinski definition) is 2. The van der Waals surface area contributed by atoms with E-state index in [1.54, 1.807) is 30.3 Å². The molecule has 7 nitrogen and oxygen atoms in total. The number of ketones is 1. The molecule has 5 rings (SSSR count). The summed E-state index contributed by atoms with van der Waals surface area (Å²) in [5.74, 6) is 1.21. The molecule has 1 aliphatic rings. The summed E-state index contributed by atoms with van der Waals surface area (Å²) < 4.78 is 11.4. The van der Waals surface area contributed by atoms with Gasteiger partial charge in [0.1, 0.15) is 18.1 Å².